The van der Waals surface area contributed by atoms with Gasteiger partial charge in [0.25, 0.3) is 0 Å². The van der Waals surface area contributed by atoms with Gasteiger partial charge in [-0.05, 0) is 26.2 Å². The van der Waals surface area contributed by atoms with Crippen molar-refractivity contribution in [3.63, 3.8) is 0 Å². The third-order valence-electron chi connectivity index (χ3n) is 3.47. The monoisotopic (exact) mass is 156 g/mol. The number of fused-ring (bicyclic) bond motifs is 1. The standard InChI is InChI=1S/C9H16O2/c1-7(10)9-4-2-3-8(9)11-6-5-9/h7-8,10H,2-6H2,1H3/t7-,8+,9?/m0/s1. The van der Waals surface area contributed by atoms with Gasteiger partial charge in [0.1, 0.15) is 0 Å². The summed E-state index contributed by atoms with van der Waals surface area (Å²) in [5, 5.41) is 9.63. The second-order valence-electron chi connectivity index (χ2n) is 3.91. The highest BCUT2D eigenvalue weighted by Crippen LogP contribution is 2.49. The van der Waals surface area contributed by atoms with Crippen LogP contribution in [0.5, 0.6) is 0 Å². The van der Waals surface area contributed by atoms with Gasteiger partial charge in [-0.3, -0.25) is 0 Å². The number of aliphatic hydroxyl groups is 1. The van der Waals surface area contributed by atoms with Gasteiger partial charge in [0.2, 0.25) is 0 Å². The summed E-state index contributed by atoms with van der Waals surface area (Å²) in [5.74, 6) is 0. The number of aliphatic hydroxyl groups excluding tert-OH is 1. The molecule has 64 valence electrons. The fourth-order valence-corrected chi connectivity index (χ4v) is 2.68. The van der Waals surface area contributed by atoms with Crippen molar-refractivity contribution in [1.29, 1.82) is 0 Å². The van der Waals surface area contributed by atoms with Crippen LogP contribution in [0.25, 0.3) is 0 Å². The fraction of sp³-hybridized carbons (Fsp3) is 1.00. The lowest BCUT2D eigenvalue weighted by Crippen LogP contribution is -2.36. The van der Waals surface area contributed by atoms with Crippen LogP contribution < -0.4 is 0 Å². The third-order valence-corrected chi connectivity index (χ3v) is 3.47. The van der Waals surface area contributed by atoms with Gasteiger partial charge in [0.15, 0.2) is 0 Å². The largest absolute Gasteiger partial charge is 0.393 e. The number of hydrogen-bond acceptors (Lipinski definition) is 2. The van der Waals surface area contributed by atoms with Crippen LogP contribution in [0.15, 0.2) is 0 Å². The maximum Gasteiger partial charge on any atom is 0.0656 e. The summed E-state index contributed by atoms with van der Waals surface area (Å²) in [6.07, 6.45) is 4.80. The van der Waals surface area contributed by atoms with E-state index in [0.717, 1.165) is 25.9 Å². The van der Waals surface area contributed by atoms with Gasteiger partial charge in [0.05, 0.1) is 12.2 Å². The molecular formula is C9H16O2. The van der Waals surface area contributed by atoms with Crippen molar-refractivity contribution in [2.24, 2.45) is 5.41 Å². The van der Waals surface area contributed by atoms with E-state index in [1.165, 1.54) is 6.42 Å². The highest BCUT2D eigenvalue weighted by atomic mass is 16.5. The van der Waals surface area contributed by atoms with Gasteiger partial charge < -0.3 is 9.84 Å². The average Bonchev–Trinajstić information content (AvgIpc) is 2.40. The quantitative estimate of drug-likeness (QED) is 0.620. The Balaban J connectivity index is 2.20. The zero-order valence-electron chi connectivity index (χ0n) is 7.05. The zero-order chi connectivity index (χ0) is 7.90. The second-order valence-corrected chi connectivity index (χ2v) is 3.91. The van der Waals surface area contributed by atoms with Crippen LogP contribution >= 0.6 is 0 Å². The Morgan fingerprint density at radius 2 is 2.36 bits per heavy atom. The molecule has 1 saturated heterocycles. The first-order chi connectivity index (χ1) is 5.26. The Labute approximate surface area is 67.6 Å². The van der Waals surface area contributed by atoms with Crippen LogP contribution in [-0.2, 0) is 4.74 Å². The lowest BCUT2D eigenvalue weighted by Gasteiger charge is -2.30. The summed E-state index contributed by atoms with van der Waals surface area (Å²) in [7, 11) is 0. The SMILES string of the molecule is C[C@H](O)C12CCC[C@H]1OCC2. The minimum atomic E-state index is -0.183. The summed E-state index contributed by atoms with van der Waals surface area (Å²) in [6.45, 7) is 2.77. The molecule has 0 aromatic rings. The van der Waals surface area contributed by atoms with Gasteiger partial charge >= 0.3 is 0 Å². The molecule has 1 heterocycles. The van der Waals surface area contributed by atoms with Crippen molar-refractivity contribution >= 4 is 0 Å². The zero-order valence-corrected chi connectivity index (χ0v) is 7.05. The van der Waals surface area contributed by atoms with E-state index in [-0.39, 0.29) is 11.5 Å². The molecule has 1 aliphatic carbocycles. The predicted octanol–water partition coefficient (Wildman–Crippen LogP) is 1.33. The molecule has 2 nitrogen and oxygen atoms in total. The molecule has 1 aliphatic heterocycles. The van der Waals surface area contributed by atoms with Gasteiger partial charge in [0, 0.05) is 12.0 Å². The first kappa shape index (κ1) is 7.56. The highest BCUT2D eigenvalue weighted by molar-refractivity contribution is 4.99. The highest BCUT2D eigenvalue weighted by Gasteiger charge is 2.50. The molecular weight excluding hydrogens is 140 g/mol. The summed E-state index contributed by atoms with van der Waals surface area (Å²) in [5.41, 5.74) is 0.139. The fourth-order valence-electron chi connectivity index (χ4n) is 2.68. The topological polar surface area (TPSA) is 29.5 Å². The molecule has 2 aliphatic rings. The van der Waals surface area contributed by atoms with E-state index in [4.69, 9.17) is 4.74 Å². The summed E-state index contributed by atoms with van der Waals surface area (Å²) in [6, 6.07) is 0. The van der Waals surface area contributed by atoms with E-state index in [2.05, 4.69) is 0 Å². The maximum atomic E-state index is 9.63. The molecule has 0 aromatic heterocycles. The van der Waals surface area contributed by atoms with E-state index in [9.17, 15) is 5.11 Å². The van der Waals surface area contributed by atoms with E-state index < -0.39 is 0 Å². The maximum absolute atomic E-state index is 9.63. The molecule has 2 fully saturated rings. The average molecular weight is 156 g/mol. The van der Waals surface area contributed by atoms with Crippen molar-refractivity contribution in [3.05, 3.63) is 0 Å². The van der Waals surface area contributed by atoms with Crippen molar-refractivity contribution in [1.82, 2.24) is 0 Å². The molecule has 1 saturated carbocycles. The van der Waals surface area contributed by atoms with Crippen LogP contribution in [0.2, 0.25) is 0 Å². The molecule has 2 heteroatoms. The van der Waals surface area contributed by atoms with Gasteiger partial charge in [-0.2, -0.15) is 0 Å². The lowest BCUT2D eigenvalue weighted by molar-refractivity contribution is -0.00788. The first-order valence-corrected chi connectivity index (χ1v) is 4.55. The normalized spacial score (nSPS) is 45.8. The van der Waals surface area contributed by atoms with Crippen molar-refractivity contribution < 1.29 is 9.84 Å². The molecule has 0 spiro atoms. The van der Waals surface area contributed by atoms with Gasteiger partial charge in [-0.25, -0.2) is 0 Å². The predicted molar refractivity (Wildman–Crippen MR) is 42.3 cm³/mol. The molecule has 3 atom stereocenters. The Bertz CT molecular complexity index is 144. The van der Waals surface area contributed by atoms with Crippen LogP contribution in [0, 0.1) is 5.41 Å². The van der Waals surface area contributed by atoms with E-state index >= 15 is 0 Å². The van der Waals surface area contributed by atoms with Crippen LogP contribution in [0.4, 0.5) is 0 Å². The smallest absolute Gasteiger partial charge is 0.0656 e. The molecule has 2 rings (SSSR count). The Hall–Kier alpha value is -0.0800. The Morgan fingerprint density at radius 1 is 1.55 bits per heavy atom. The van der Waals surface area contributed by atoms with Crippen molar-refractivity contribution in [2.75, 3.05) is 6.61 Å². The minimum absolute atomic E-state index is 0.139. The molecule has 11 heavy (non-hydrogen) atoms. The minimum Gasteiger partial charge on any atom is -0.393 e. The van der Waals surface area contributed by atoms with Crippen LogP contribution in [-0.4, -0.2) is 23.9 Å². The van der Waals surface area contributed by atoms with Gasteiger partial charge in [-0.15, -0.1) is 0 Å². The molecule has 0 amide bonds. The third kappa shape index (κ3) is 0.926. The number of ether oxygens (including phenoxy) is 1. The summed E-state index contributed by atoms with van der Waals surface area (Å²) < 4.78 is 5.58. The van der Waals surface area contributed by atoms with Crippen LogP contribution in [0.3, 0.4) is 0 Å². The van der Waals surface area contributed by atoms with Crippen LogP contribution in [0.1, 0.15) is 32.6 Å². The second kappa shape index (κ2) is 2.46. The Kier molecular flexibility index (Phi) is 1.69. The van der Waals surface area contributed by atoms with E-state index in [1.807, 2.05) is 6.92 Å². The van der Waals surface area contributed by atoms with Crippen molar-refractivity contribution in [2.45, 2.75) is 44.8 Å². The summed E-state index contributed by atoms with van der Waals surface area (Å²) >= 11 is 0. The molecule has 1 unspecified atom stereocenters. The van der Waals surface area contributed by atoms with E-state index in [1.54, 1.807) is 0 Å². The number of rotatable bonds is 1. The van der Waals surface area contributed by atoms with Crippen molar-refractivity contribution in [3.8, 4) is 0 Å². The molecule has 0 radical (unpaired) electrons. The first-order valence-electron chi connectivity index (χ1n) is 4.55. The molecule has 1 N–H and O–H groups in total. The summed E-state index contributed by atoms with van der Waals surface area (Å²) in [4.78, 5) is 0. The van der Waals surface area contributed by atoms with Gasteiger partial charge in [-0.1, -0.05) is 6.42 Å². The Morgan fingerprint density at radius 3 is 3.00 bits per heavy atom. The lowest BCUT2D eigenvalue weighted by atomic mass is 9.78. The molecule has 0 bridgehead atoms. The number of hydrogen-bond donors (Lipinski definition) is 1. The van der Waals surface area contributed by atoms with E-state index in [0.29, 0.717) is 6.10 Å². The molecule has 0 aromatic carbocycles.